The number of carbonyl (C=O) groups excluding carboxylic acids is 1. The van der Waals surface area contributed by atoms with Gasteiger partial charge in [-0.3, -0.25) is 4.79 Å². The second-order valence-electron chi connectivity index (χ2n) is 5.34. The molecule has 22 heavy (non-hydrogen) atoms. The Morgan fingerprint density at radius 2 is 1.95 bits per heavy atom. The number of carbonyl (C=O) groups is 1. The highest BCUT2D eigenvalue weighted by atomic mass is 35.5. The van der Waals surface area contributed by atoms with Gasteiger partial charge in [0.25, 0.3) is 5.91 Å². The smallest absolute Gasteiger partial charge is 0.287 e. The summed E-state index contributed by atoms with van der Waals surface area (Å²) in [7, 11) is 0. The molecule has 2 aromatic heterocycles. The van der Waals surface area contributed by atoms with Crippen LogP contribution in [0.3, 0.4) is 0 Å². The minimum atomic E-state index is -0.272. The molecule has 0 aliphatic rings. The van der Waals surface area contributed by atoms with Crippen molar-refractivity contribution in [2.24, 2.45) is 0 Å². The first-order valence-corrected chi connectivity index (χ1v) is 7.39. The van der Waals surface area contributed by atoms with Crippen molar-refractivity contribution >= 4 is 28.5 Å². The van der Waals surface area contributed by atoms with Crippen LogP contribution in [0.1, 0.15) is 40.6 Å². The van der Waals surface area contributed by atoms with Crippen molar-refractivity contribution in [1.29, 1.82) is 0 Å². The summed E-state index contributed by atoms with van der Waals surface area (Å²) >= 11 is 5.99. The second kappa shape index (κ2) is 5.54. The number of hydrogen-bond donors (Lipinski definition) is 1. The minimum Gasteiger partial charge on any atom is -0.464 e. The van der Waals surface area contributed by atoms with Gasteiger partial charge in [0, 0.05) is 16.0 Å². The fraction of sp³-hybridized carbons (Fsp3) is 0.235. The fourth-order valence-corrected chi connectivity index (χ4v) is 2.60. The van der Waals surface area contributed by atoms with Crippen molar-refractivity contribution in [2.45, 2.75) is 26.8 Å². The van der Waals surface area contributed by atoms with Gasteiger partial charge >= 0.3 is 0 Å². The summed E-state index contributed by atoms with van der Waals surface area (Å²) in [4.78, 5) is 12.4. The molecule has 3 rings (SSSR count). The number of benzene rings is 1. The molecule has 0 bridgehead atoms. The molecule has 0 aliphatic heterocycles. The summed E-state index contributed by atoms with van der Waals surface area (Å²) in [6.07, 6.45) is 0. The molecule has 5 heteroatoms. The molecule has 1 amide bonds. The average Bonchev–Trinajstić information content (AvgIpc) is 3.04. The molecule has 0 saturated heterocycles. The van der Waals surface area contributed by atoms with E-state index in [1.165, 1.54) is 0 Å². The summed E-state index contributed by atoms with van der Waals surface area (Å²) in [5, 5.41) is 4.34. The molecule has 1 aromatic carbocycles. The molecule has 0 saturated carbocycles. The van der Waals surface area contributed by atoms with E-state index in [0.717, 1.165) is 16.7 Å². The van der Waals surface area contributed by atoms with Gasteiger partial charge in [-0.1, -0.05) is 11.6 Å². The van der Waals surface area contributed by atoms with Crippen molar-refractivity contribution in [3.05, 3.63) is 58.2 Å². The maximum absolute atomic E-state index is 12.4. The zero-order valence-electron chi connectivity index (χ0n) is 12.6. The zero-order valence-corrected chi connectivity index (χ0v) is 13.3. The van der Waals surface area contributed by atoms with Crippen molar-refractivity contribution in [3.63, 3.8) is 0 Å². The van der Waals surface area contributed by atoms with Gasteiger partial charge in [0.05, 0.1) is 6.04 Å². The first-order valence-electron chi connectivity index (χ1n) is 7.01. The predicted molar refractivity (Wildman–Crippen MR) is 85.3 cm³/mol. The van der Waals surface area contributed by atoms with E-state index in [2.05, 4.69) is 5.32 Å². The largest absolute Gasteiger partial charge is 0.464 e. The molecule has 0 fully saturated rings. The lowest BCUT2D eigenvalue weighted by atomic mass is 10.1. The van der Waals surface area contributed by atoms with Gasteiger partial charge in [-0.2, -0.15) is 0 Å². The van der Waals surface area contributed by atoms with Gasteiger partial charge in [0.1, 0.15) is 17.1 Å². The topological polar surface area (TPSA) is 55.4 Å². The van der Waals surface area contributed by atoms with Crippen LogP contribution in [0.2, 0.25) is 5.02 Å². The van der Waals surface area contributed by atoms with E-state index >= 15 is 0 Å². The molecule has 1 N–H and O–H groups in total. The molecule has 0 aliphatic carbocycles. The lowest BCUT2D eigenvalue weighted by Gasteiger charge is -2.10. The molecular weight excluding hydrogens is 302 g/mol. The second-order valence-corrected chi connectivity index (χ2v) is 5.78. The Morgan fingerprint density at radius 3 is 2.64 bits per heavy atom. The number of furan rings is 2. The highest BCUT2D eigenvalue weighted by Crippen LogP contribution is 2.28. The normalized spacial score (nSPS) is 12.5. The van der Waals surface area contributed by atoms with Gasteiger partial charge in [0.15, 0.2) is 5.76 Å². The Balaban J connectivity index is 1.87. The quantitative estimate of drug-likeness (QED) is 0.755. The molecule has 3 aromatic rings. The van der Waals surface area contributed by atoms with Crippen molar-refractivity contribution in [3.8, 4) is 0 Å². The van der Waals surface area contributed by atoms with E-state index in [1.54, 1.807) is 18.2 Å². The monoisotopic (exact) mass is 317 g/mol. The SMILES string of the molecule is Cc1ccc(C(C)NC(=O)c2oc3ccc(Cl)cc3c2C)o1. The predicted octanol–water partition coefficient (Wildman–Crippen LogP) is 4.79. The molecule has 0 radical (unpaired) electrons. The molecule has 4 nitrogen and oxygen atoms in total. The Hall–Kier alpha value is -2.20. The zero-order chi connectivity index (χ0) is 15.9. The summed E-state index contributed by atoms with van der Waals surface area (Å²) in [5.41, 5.74) is 1.42. The van der Waals surface area contributed by atoms with E-state index in [9.17, 15) is 4.79 Å². The lowest BCUT2D eigenvalue weighted by molar-refractivity contribution is 0.0908. The van der Waals surface area contributed by atoms with Crippen LogP contribution in [0, 0.1) is 13.8 Å². The average molecular weight is 318 g/mol. The number of rotatable bonds is 3. The highest BCUT2D eigenvalue weighted by molar-refractivity contribution is 6.31. The van der Waals surface area contributed by atoms with Crippen LogP contribution in [-0.4, -0.2) is 5.91 Å². The Labute approximate surface area is 133 Å². The number of amides is 1. The van der Waals surface area contributed by atoms with Crippen LogP contribution in [0.5, 0.6) is 0 Å². The number of aryl methyl sites for hydroxylation is 2. The highest BCUT2D eigenvalue weighted by Gasteiger charge is 2.21. The Morgan fingerprint density at radius 1 is 1.18 bits per heavy atom. The summed E-state index contributed by atoms with van der Waals surface area (Å²) < 4.78 is 11.2. The maximum atomic E-state index is 12.4. The van der Waals surface area contributed by atoms with Crippen molar-refractivity contribution in [1.82, 2.24) is 5.32 Å². The van der Waals surface area contributed by atoms with Gasteiger partial charge in [-0.15, -0.1) is 0 Å². The van der Waals surface area contributed by atoms with Crippen LogP contribution < -0.4 is 5.32 Å². The first kappa shape index (κ1) is 14.7. The number of nitrogens with one attached hydrogen (secondary N) is 1. The van der Waals surface area contributed by atoms with E-state index in [-0.39, 0.29) is 11.9 Å². The molecule has 114 valence electrons. The van der Waals surface area contributed by atoms with Crippen LogP contribution >= 0.6 is 11.6 Å². The van der Waals surface area contributed by atoms with Crippen molar-refractivity contribution < 1.29 is 13.6 Å². The van der Waals surface area contributed by atoms with Gasteiger partial charge in [-0.25, -0.2) is 0 Å². The third-order valence-corrected chi connectivity index (χ3v) is 3.88. The van der Waals surface area contributed by atoms with E-state index < -0.39 is 0 Å². The summed E-state index contributed by atoms with van der Waals surface area (Å²) in [6, 6.07) is 8.78. The molecular formula is C17H16ClNO3. The Kier molecular flexibility index (Phi) is 3.71. The Bertz CT molecular complexity index is 847. The third-order valence-electron chi connectivity index (χ3n) is 3.64. The first-order chi connectivity index (χ1) is 10.5. The molecule has 1 atom stereocenters. The lowest BCUT2D eigenvalue weighted by Crippen LogP contribution is -2.26. The van der Waals surface area contributed by atoms with Gasteiger partial charge in [-0.05, 0) is 51.1 Å². The standard InChI is InChI=1S/C17H16ClNO3/c1-9-4-6-14(21-9)11(3)19-17(20)16-10(2)13-8-12(18)5-7-15(13)22-16/h4-8,11H,1-3H3,(H,19,20). The molecule has 0 spiro atoms. The van der Waals surface area contributed by atoms with E-state index in [1.807, 2.05) is 32.9 Å². The van der Waals surface area contributed by atoms with E-state index in [4.69, 9.17) is 20.4 Å². The van der Waals surface area contributed by atoms with Gasteiger partial charge in [0.2, 0.25) is 0 Å². The van der Waals surface area contributed by atoms with E-state index in [0.29, 0.717) is 22.1 Å². The molecule has 2 heterocycles. The summed E-state index contributed by atoms with van der Waals surface area (Å²) in [6.45, 7) is 5.58. The van der Waals surface area contributed by atoms with Crippen LogP contribution in [0.15, 0.2) is 39.2 Å². The number of halogens is 1. The van der Waals surface area contributed by atoms with Gasteiger partial charge < -0.3 is 14.2 Å². The maximum Gasteiger partial charge on any atom is 0.287 e. The number of fused-ring (bicyclic) bond motifs is 1. The summed E-state index contributed by atoms with van der Waals surface area (Å²) in [5.74, 6) is 1.55. The number of hydrogen-bond acceptors (Lipinski definition) is 3. The van der Waals surface area contributed by atoms with Crippen molar-refractivity contribution in [2.75, 3.05) is 0 Å². The van der Waals surface area contributed by atoms with Crippen LogP contribution in [-0.2, 0) is 0 Å². The molecule has 1 unspecified atom stereocenters. The third kappa shape index (κ3) is 2.62. The fourth-order valence-electron chi connectivity index (χ4n) is 2.43. The minimum absolute atomic E-state index is 0.239. The van der Waals surface area contributed by atoms with Crippen LogP contribution in [0.25, 0.3) is 11.0 Å². The van der Waals surface area contributed by atoms with Crippen LogP contribution in [0.4, 0.5) is 0 Å².